The molecule has 1 heterocycles. The van der Waals surface area contributed by atoms with Gasteiger partial charge in [0.1, 0.15) is 11.6 Å². The number of likely N-dealkylation sites (tertiary alicyclic amines) is 1. The first-order valence-electron chi connectivity index (χ1n) is 8.54. The van der Waals surface area contributed by atoms with Gasteiger partial charge in [-0.3, -0.25) is 9.59 Å². The smallest absolute Gasteiger partial charge is 0.224 e. The maximum atomic E-state index is 12.8. The van der Waals surface area contributed by atoms with Crippen LogP contribution in [0.2, 0.25) is 0 Å². The monoisotopic (exact) mass is 336 g/mol. The number of carbonyl (C=O) groups is 2. The molecule has 1 aromatic carbocycles. The van der Waals surface area contributed by atoms with Crippen LogP contribution in [0.4, 0.5) is 4.39 Å². The third-order valence-electron chi connectivity index (χ3n) is 4.15. The number of amides is 2. The molecule has 0 radical (unpaired) electrons. The van der Waals surface area contributed by atoms with Crippen LogP contribution < -0.4 is 10.1 Å². The summed E-state index contributed by atoms with van der Waals surface area (Å²) in [5, 5.41) is 2.91. The van der Waals surface area contributed by atoms with Gasteiger partial charge >= 0.3 is 0 Å². The molecule has 2 rings (SSSR count). The summed E-state index contributed by atoms with van der Waals surface area (Å²) in [6, 6.07) is 5.86. The molecule has 0 spiro atoms. The first kappa shape index (κ1) is 18.2. The molecule has 0 bridgehead atoms. The molecular formula is C18H25FN2O3. The van der Waals surface area contributed by atoms with Crippen LogP contribution in [-0.4, -0.2) is 43.0 Å². The zero-order chi connectivity index (χ0) is 17.4. The van der Waals surface area contributed by atoms with E-state index < -0.39 is 0 Å². The van der Waals surface area contributed by atoms with Crippen LogP contribution in [-0.2, 0) is 9.59 Å². The van der Waals surface area contributed by atoms with Gasteiger partial charge in [0, 0.05) is 26.1 Å². The Morgan fingerprint density at radius 3 is 2.79 bits per heavy atom. The highest BCUT2D eigenvalue weighted by Crippen LogP contribution is 2.17. The summed E-state index contributed by atoms with van der Waals surface area (Å²) in [6.45, 7) is 4.09. The molecule has 1 aromatic rings. The van der Waals surface area contributed by atoms with Gasteiger partial charge in [-0.2, -0.15) is 0 Å². The summed E-state index contributed by atoms with van der Waals surface area (Å²) in [7, 11) is 0. The molecule has 0 unspecified atom stereocenters. The number of halogens is 1. The Labute approximate surface area is 142 Å². The number of ether oxygens (including phenoxy) is 1. The number of hydrogen-bond acceptors (Lipinski definition) is 3. The maximum Gasteiger partial charge on any atom is 0.224 e. The highest BCUT2D eigenvalue weighted by Gasteiger charge is 2.27. The second kappa shape index (κ2) is 9.25. The second-order valence-electron chi connectivity index (χ2n) is 5.98. The average Bonchev–Trinajstić information content (AvgIpc) is 2.62. The molecule has 1 fully saturated rings. The van der Waals surface area contributed by atoms with Crippen molar-refractivity contribution in [1.82, 2.24) is 10.2 Å². The predicted molar refractivity (Wildman–Crippen MR) is 89.1 cm³/mol. The molecule has 0 aliphatic carbocycles. The molecule has 5 nitrogen and oxygen atoms in total. The molecule has 24 heavy (non-hydrogen) atoms. The van der Waals surface area contributed by atoms with E-state index in [-0.39, 0.29) is 23.5 Å². The lowest BCUT2D eigenvalue weighted by molar-refractivity contribution is -0.135. The van der Waals surface area contributed by atoms with Crippen molar-refractivity contribution in [3.63, 3.8) is 0 Å². The molecule has 1 saturated heterocycles. The summed E-state index contributed by atoms with van der Waals surface area (Å²) in [5.74, 6) is 0.319. The normalized spacial score (nSPS) is 17.4. The zero-order valence-corrected chi connectivity index (χ0v) is 14.1. The van der Waals surface area contributed by atoms with Crippen LogP contribution in [0.1, 0.15) is 32.6 Å². The number of nitrogens with one attached hydrogen (secondary N) is 1. The molecule has 1 atom stereocenters. The first-order chi connectivity index (χ1) is 11.6. The van der Waals surface area contributed by atoms with Crippen molar-refractivity contribution in [2.45, 2.75) is 32.6 Å². The molecule has 1 N–H and O–H groups in total. The highest BCUT2D eigenvalue weighted by molar-refractivity contribution is 5.81. The maximum absolute atomic E-state index is 12.8. The minimum Gasteiger partial charge on any atom is -0.494 e. The van der Waals surface area contributed by atoms with E-state index in [1.54, 1.807) is 17.0 Å². The van der Waals surface area contributed by atoms with E-state index in [0.29, 0.717) is 38.3 Å². The molecule has 1 aliphatic rings. The van der Waals surface area contributed by atoms with E-state index in [4.69, 9.17) is 4.74 Å². The topological polar surface area (TPSA) is 58.6 Å². The molecule has 1 aliphatic heterocycles. The second-order valence-corrected chi connectivity index (χ2v) is 5.98. The van der Waals surface area contributed by atoms with Gasteiger partial charge < -0.3 is 15.0 Å². The quantitative estimate of drug-likeness (QED) is 0.778. The van der Waals surface area contributed by atoms with Gasteiger partial charge in [-0.15, -0.1) is 0 Å². The van der Waals surface area contributed by atoms with Crippen molar-refractivity contribution in [2.24, 2.45) is 5.92 Å². The number of hydrogen-bond donors (Lipinski definition) is 1. The summed E-state index contributed by atoms with van der Waals surface area (Å²) >= 11 is 0. The van der Waals surface area contributed by atoms with Gasteiger partial charge in [0.05, 0.1) is 12.5 Å². The minimum absolute atomic E-state index is 0.00499. The summed E-state index contributed by atoms with van der Waals surface area (Å²) in [5.41, 5.74) is 0. The van der Waals surface area contributed by atoms with Crippen LogP contribution in [0.25, 0.3) is 0 Å². The fraction of sp³-hybridized carbons (Fsp3) is 0.556. The van der Waals surface area contributed by atoms with Crippen molar-refractivity contribution >= 4 is 11.8 Å². The van der Waals surface area contributed by atoms with Crippen LogP contribution in [0.5, 0.6) is 5.75 Å². The van der Waals surface area contributed by atoms with Gasteiger partial charge in [0.2, 0.25) is 11.8 Å². The van der Waals surface area contributed by atoms with Gasteiger partial charge in [-0.1, -0.05) is 6.92 Å². The number of benzene rings is 1. The highest BCUT2D eigenvalue weighted by atomic mass is 19.1. The molecule has 0 aromatic heterocycles. The summed E-state index contributed by atoms with van der Waals surface area (Å²) in [6.07, 6.45) is 2.85. The summed E-state index contributed by atoms with van der Waals surface area (Å²) < 4.78 is 18.2. The molecule has 2 amide bonds. The molecular weight excluding hydrogens is 311 g/mol. The lowest BCUT2D eigenvalue weighted by Gasteiger charge is -2.31. The fourth-order valence-electron chi connectivity index (χ4n) is 2.79. The van der Waals surface area contributed by atoms with Crippen molar-refractivity contribution < 1.29 is 18.7 Å². The van der Waals surface area contributed by atoms with Crippen molar-refractivity contribution in [2.75, 3.05) is 26.2 Å². The van der Waals surface area contributed by atoms with Crippen LogP contribution in [0, 0.1) is 11.7 Å². The van der Waals surface area contributed by atoms with E-state index in [1.807, 2.05) is 6.92 Å². The lowest BCUT2D eigenvalue weighted by Crippen LogP contribution is -2.45. The third-order valence-corrected chi connectivity index (χ3v) is 4.15. The van der Waals surface area contributed by atoms with E-state index in [1.165, 1.54) is 12.1 Å². The minimum atomic E-state index is -0.294. The van der Waals surface area contributed by atoms with Crippen molar-refractivity contribution in [3.05, 3.63) is 30.1 Å². The van der Waals surface area contributed by atoms with Gasteiger partial charge in [-0.25, -0.2) is 4.39 Å². The van der Waals surface area contributed by atoms with Crippen LogP contribution in [0.15, 0.2) is 24.3 Å². The van der Waals surface area contributed by atoms with Crippen molar-refractivity contribution in [1.29, 1.82) is 0 Å². The fourth-order valence-corrected chi connectivity index (χ4v) is 2.79. The van der Waals surface area contributed by atoms with Gasteiger partial charge in [0.15, 0.2) is 0 Å². The Kier molecular flexibility index (Phi) is 7.03. The van der Waals surface area contributed by atoms with Crippen LogP contribution >= 0.6 is 0 Å². The Morgan fingerprint density at radius 1 is 1.33 bits per heavy atom. The summed E-state index contributed by atoms with van der Waals surface area (Å²) in [4.78, 5) is 25.7. The molecule has 0 saturated carbocycles. The van der Waals surface area contributed by atoms with Crippen molar-refractivity contribution in [3.8, 4) is 5.75 Å². The number of nitrogens with zero attached hydrogens (tertiary/aromatic N) is 1. The Morgan fingerprint density at radius 2 is 2.08 bits per heavy atom. The Balaban J connectivity index is 1.64. The Bertz CT molecular complexity index is 548. The van der Waals surface area contributed by atoms with Crippen LogP contribution in [0.3, 0.4) is 0 Å². The van der Waals surface area contributed by atoms with Gasteiger partial charge in [-0.05, 0) is 43.5 Å². The Hall–Kier alpha value is -2.11. The standard InChI is InChI=1S/C18H25FN2O3/c1-2-17(22)21-11-3-5-14(13-21)18(23)20-10-4-12-24-16-8-6-15(19)7-9-16/h6-9,14H,2-5,10-13H2,1H3,(H,20,23)/t14-/m1/s1. The lowest BCUT2D eigenvalue weighted by atomic mass is 9.97. The predicted octanol–water partition coefficient (Wildman–Crippen LogP) is 2.36. The largest absolute Gasteiger partial charge is 0.494 e. The number of rotatable bonds is 7. The van der Waals surface area contributed by atoms with E-state index in [2.05, 4.69) is 5.32 Å². The van der Waals surface area contributed by atoms with E-state index in [0.717, 1.165) is 19.4 Å². The first-order valence-corrected chi connectivity index (χ1v) is 8.54. The van der Waals surface area contributed by atoms with E-state index >= 15 is 0 Å². The number of piperidine rings is 1. The molecule has 6 heteroatoms. The zero-order valence-electron chi connectivity index (χ0n) is 14.1. The third kappa shape index (κ3) is 5.51. The molecule has 132 valence electrons. The number of carbonyl (C=O) groups excluding carboxylic acids is 2. The van der Waals surface area contributed by atoms with Gasteiger partial charge in [0.25, 0.3) is 0 Å². The van der Waals surface area contributed by atoms with E-state index in [9.17, 15) is 14.0 Å². The average molecular weight is 336 g/mol. The SMILES string of the molecule is CCC(=O)N1CCC[C@@H](C(=O)NCCCOc2ccc(F)cc2)C1.